The Morgan fingerprint density at radius 1 is 1.02 bits per heavy atom. The Hall–Kier alpha value is -4.65. The number of benzene rings is 3. The molecule has 0 saturated carbocycles. The molecule has 3 aromatic carbocycles. The van der Waals surface area contributed by atoms with Crippen molar-refractivity contribution in [3.63, 3.8) is 0 Å². The van der Waals surface area contributed by atoms with Crippen LogP contribution in [0.3, 0.4) is 0 Å². The number of carbonyl (C=O) groups excluding carboxylic acids is 1. The molecule has 42 heavy (non-hydrogen) atoms. The van der Waals surface area contributed by atoms with Gasteiger partial charge in [-0.3, -0.25) is 9.35 Å². The third-order valence-corrected chi connectivity index (χ3v) is 7.59. The number of imidazole rings is 1. The molecule has 0 radical (unpaired) electrons. The first-order valence-corrected chi connectivity index (χ1v) is 14.5. The molecule has 0 bridgehead atoms. The van der Waals surface area contributed by atoms with Crippen LogP contribution in [0, 0.1) is 5.82 Å². The third-order valence-electron chi connectivity index (χ3n) is 6.72. The fourth-order valence-electron chi connectivity index (χ4n) is 4.64. The number of amides is 1. The van der Waals surface area contributed by atoms with Gasteiger partial charge in [-0.1, -0.05) is 42.5 Å². The monoisotopic (exact) mass is 588 g/mol. The van der Waals surface area contributed by atoms with Crippen molar-refractivity contribution in [1.29, 1.82) is 0 Å². The summed E-state index contributed by atoms with van der Waals surface area (Å²) in [4.78, 5) is 20.2. The second-order valence-corrected chi connectivity index (χ2v) is 11.3. The normalized spacial score (nSPS) is 15.0. The molecule has 1 fully saturated rings. The van der Waals surface area contributed by atoms with E-state index in [2.05, 4.69) is 4.98 Å². The maximum Gasteiger partial charge on any atom is 0.294 e. The fourth-order valence-corrected chi connectivity index (χ4v) is 5.14. The molecule has 5 aromatic rings. The summed E-state index contributed by atoms with van der Waals surface area (Å²) in [5.41, 5.74) is 10.1. The predicted molar refractivity (Wildman–Crippen MR) is 158 cm³/mol. The predicted octanol–water partition coefficient (Wildman–Crippen LogP) is 4.17. The summed E-state index contributed by atoms with van der Waals surface area (Å²) in [7, 11) is -2.08. The zero-order chi connectivity index (χ0) is 29.9. The summed E-state index contributed by atoms with van der Waals surface area (Å²) >= 11 is 0. The maximum absolute atomic E-state index is 13.5. The van der Waals surface area contributed by atoms with E-state index in [9.17, 15) is 17.6 Å². The Morgan fingerprint density at radius 3 is 2.38 bits per heavy atom. The fraction of sp³-hybridized carbons (Fsp3) is 0.167. The van der Waals surface area contributed by atoms with Crippen LogP contribution < -0.4 is 15.5 Å². The van der Waals surface area contributed by atoms with Gasteiger partial charge in [0, 0.05) is 43.9 Å². The van der Waals surface area contributed by atoms with E-state index in [1.54, 1.807) is 39.9 Å². The molecule has 216 valence electrons. The van der Waals surface area contributed by atoms with Gasteiger partial charge >= 0.3 is 0 Å². The lowest BCUT2D eigenvalue weighted by Gasteiger charge is -2.18. The first kappa shape index (κ1) is 28.9. The van der Waals surface area contributed by atoms with Crippen LogP contribution >= 0.6 is 0 Å². The first-order valence-electron chi connectivity index (χ1n) is 13.1. The number of hydrogen-bond donors (Lipinski definition) is 2. The molecule has 10 nitrogen and oxygen atoms in total. The van der Waals surface area contributed by atoms with Crippen LogP contribution in [-0.2, 0) is 21.5 Å². The van der Waals surface area contributed by atoms with E-state index in [4.69, 9.17) is 15.4 Å². The van der Waals surface area contributed by atoms with E-state index in [1.807, 2.05) is 54.4 Å². The largest absolute Gasteiger partial charge is 0.354 e. The van der Waals surface area contributed by atoms with Gasteiger partial charge in [0.1, 0.15) is 11.6 Å². The molecule has 3 heterocycles. The maximum atomic E-state index is 13.5. The Labute approximate surface area is 242 Å². The van der Waals surface area contributed by atoms with Crippen LogP contribution in [-0.4, -0.2) is 53.1 Å². The molecule has 12 heteroatoms. The highest BCUT2D eigenvalue weighted by molar-refractivity contribution is 7.85. The van der Waals surface area contributed by atoms with Crippen LogP contribution in [0.1, 0.15) is 12.0 Å². The Kier molecular flexibility index (Phi) is 8.29. The molecule has 0 aliphatic carbocycles. The van der Waals surface area contributed by atoms with E-state index in [0.29, 0.717) is 19.5 Å². The van der Waals surface area contributed by atoms with Crippen molar-refractivity contribution in [1.82, 2.24) is 14.6 Å². The lowest BCUT2D eigenvalue weighted by atomic mass is 10.1. The average molecular weight is 589 g/mol. The van der Waals surface area contributed by atoms with Crippen LogP contribution in [0.2, 0.25) is 0 Å². The van der Waals surface area contributed by atoms with Gasteiger partial charge in [-0.2, -0.15) is 8.42 Å². The van der Waals surface area contributed by atoms with Gasteiger partial charge in [-0.15, -0.1) is 5.10 Å². The quantitative estimate of drug-likeness (QED) is 0.283. The van der Waals surface area contributed by atoms with Crippen LogP contribution in [0.5, 0.6) is 0 Å². The molecule has 1 aliphatic rings. The van der Waals surface area contributed by atoms with Crippen LogP contribution in [0.15, 0.2) is 102 Å². The SMILES string of the molecule is CN(Cc1cccc(F)c1)c1ccc2ncc(-c3ccc(N4C[C@@H](N)CC4=O)cc3)n2n1.O=S(=O)(O)c1ccccc1. The van der Waals surface area contributed by atoms with Gasteiger partial charge in [-0.05, 0) is 54.1 Å². The van der Waals surface area contributed by atoms with Crippen molar-refractivity contribution >= 4 is 33.2 Å². The minimum Gasteiger partial charge on any atom is -0.354 e. The molecule has 1 amide bonds. The van der Waals surface area contributed by atoms with Gasteiger partial charge < -0.3 is 15.5 Å². The second-order valence-electron chi connectivity index (χ2n) is 9.89. The molecule has 3 N–H and O–H groups in total. The Balaban J connectivity index is 0.000000300. The molecule has 6 rings (SSSR count). The number of nitrogens with two attached hydrogens (primary N) is 1. The smallest absolute Gasteiger partial charge is 0.294 e. The van der Waals surface area contributed by atoms with Crippen molar-refractivity contribution in [2.24, 2.45) is 5.73 Å². The van der Waals surface area contributed by atoms with Crippen molar-refractivity contribution < 1.29 is 22.2 Å². The van der Waals surface area contributed by atoms with Gasteiger partial charge in [0.05, 0.1) is 16.8 Å². The van der Waals surface area contributed by atoms with E-state index in [0.717, 1.165) is 34.0 Å². The number of hydrogen-bond acceptors (Lipinski definition) is 7. The number of carbonyl (C=O) groups is 1. The number of aromatic nitrogens is 3. The first-order chi connectivity index (χ1) is 20.1. The number of anilines is 2. The van der Waals surface area contributed by atoms with E-state index < -0.39 is 10.1 Å². The van der Waals surface area contributed by atoms with E-state index in [-0.39, 0.29) is 22.7 Å². The minimum absolute atomic E-state index is 0.0488. The zero-order valence-electron chi connectivity index (χ0n) is 22.7. The van der Waals surface area contributed by atoms with E-state index in [1.165, 1.54) is 24.3 Å². The van der Waals surface area contributed by atoms with Crippen molar-refractivity contribution in [2.75, 3.05) is 23.4 Å². The molecular weight excluding hydrogens is 559 g/mol. The van der Waals surface area contributed by atoms with Gasteiger partial charge in [-0.25, -0.2) is 13.9 Å². The average Bonchev–Trinajstić information content (AvgIpc) is 3.55. The second kappa shape index (κ2) is 12.1. The van der Waals surface area contributed by atoms with E-state index >= 15 is 0 Å². The van der Waals surface area contributed by atoms with Gasteiger partial charge in [0.25, 0.3) is 10.1 Å². The Bertz CT molecular complexity index is 1810. The summed E-state index contributed by atoms with van der Waals surface area (Å²) in [5.74, 6) is 0.541. The molecular formula is C30H29FN6O4S. The van der Waals surface area contributed by atoms with Crippen molar-refractivity contribution in [3.05, 3.63) is 109 Å². The lowest BCUT2D eigenvalue weighted by molar-refractivity contribution is -0.117. The van der Waals surface area contributed by atoms with Gasteiger partial charge in [0.15, 0.2) is 5.65 Å². The third kappa shape index (κ3) is 6.62. The standard InChI is InChI=1S/C24H23FN6O.C6H6O3S/c1-29(14-16-3-2-4-18(25)11-16)23-10-9-22-27-13-21(31(22)28-23)17-5-7-20(8-6-17)30-15-19(26)12-24(30)32;7-10(8,9)6-4-2-1-3-5-6/h2-11,13,19H,12,14-15,26H2,1H3;1-5H,(H,7,8,9)/t19-;/m0./s1. The highest BCUT2D eigenvalue weighted by atomic mass is 32.2. The highest BCUT2D eigenvalue weighted by Crippen LogP contribution is 2.27. The summed E-state index contributed by atoms with van der Waals surface area (Å²) in [6, 6.07) is 25.4. The molecule has 2 aromatic heterocycles. The molecule has 1 aliphatic heterocycles. The molecule has 0 unspecified atom stereocenters. The topological polar surface area (TPSA) is 134 Å². The van der Waals surface area contributed by atoms with Gasteiger partial charge in [0.2, 0.25) is 5.91 Å². The lowest BCUT2D eigenvalue weighted by Crippen LogP contribution is -2.27. The highest BCUT2D eigenvalue weighted by Gasteiger charge is 2.28. The zero-order valence-corrected chi connectivity index (χ0v) is 23.5. The minimum atomic E-state index is -4.00. The van der Waals surface area contributed by atoms with Crippen molar-refractivity contribution in [2.45, 2.75) is 23.9 Å². The number of rotatable bonds is 6. The molecule has 1 atom stereocenters. The number of halogens is 1. The summed E-state index contributed by atoms with van der Waals surface area (Å²) in [6.07, 6.45) is 2.16. The number of fused-ring (bicyclic) bond motifs is 1. The van der Waals surface area contributed by atoms with Crippen LogP contribution in [0.4, 0.5) is 15.9 Å². The Morgan fingerprint density at radius 2 is 1.76 bits per heavy atom. The number of nitrogens with zero attached hydrogens (tertiary/aromatic N) is 5. The van der Waals surface area contributed by atoms with Crippen molar-refractivity contribution in [3.8, 4) is 11.3 Å². The molecule has 1 saturated heterocycles. The summed E-state index contributed by atoms with van der Waals surface area (Å²) in [5, 5.41) is 4.76. The summed E-state index contributed by atoms with van der Waals surface area (Å²) in [6.45, 7) is 1.07. The molecule has 0 spiro atoms. The van der Waals surface area contributed by atoms with Crippen LogP contribution in [0.25, 0.3) is 16.9 Å². The summed E-state index contributed by atoms with van der Waals surface area (Å²) < 4.78 is 44.6.